The maximum atomic E-state index is 8.60. The number of hydrogen-bond donors (Lipinski definition) is 1. The molecule has 0 bridgehead atoms. The van der Waals surface area contributed by atoms with Gasteiger partial charge in [0, 0.05) is 22.9 Å². The molecule has 1 aliphatic heterocycles. The van der Waals surface area contributed by atoms with Crippen LogP contribution in [0.1, 0.15) is 22.9 Å². The molecule has 0 saturated carbocycles. The van der Waals surface area contributed by atoms with Crippen molar-refractivity contribution in [1.29, 1.82) is 5.26 Å². The zero-order valence-corrected chi connectivity index (χ0v) is 7.14. The van der Waals surface area contributed by atoms with Crippen LogP contribution in [0.3, 0.4) is 0 Å². The smallest absolute Gasteiger partial charge is 0.100 e. The van der Waals surface area contributed by atoms with Gasteiger partial charge in [-0.1, -0.05) is 0 Å². The van der Waals surface area contributed by atoms with Crippen LogP contribution in [0, 0.1) is 11.3 Å². The van der Waals surface area contributed by atoms with Gasteiger partial charge in [-0.15, -0.1) is 11.3 Å². The molecule has 0 amide bonds. The molecule has 1 aromatic rings. The first-order chi connectivity index (χ1) is 5.90. The molecule has 2 rings (SSSR count). The fourth-order valence-electron chi connectivity index (χ4n) is 1.13. The third kappa shape index (κ3) is 1.19. The lowest BCUT2D eigenvalue weighted by atomic mass is 10.2. The summed E-state index contributed by atoms with van der Waals surface area (Å²) in [4.78, 5) is 1.18. The zero-order chi connectivity index (χ0) is 8.39. The topological polar surface area (TPSA) is 48.2 Å². The Morgan fingerprint density at radius 3 is 3.25 bits per heavy atom. The van der Waals surface area contributed by atoms with Gasteiger partial charge in [-0.05, 0) is 6.07 Å². The van der Waals surface area contributed by atoms with Gasteiger partial charge in [-0.25, -0.2) is 0 Å². The minimum atomic E-state index is 0.289. The van der Waals surface area contributed by atoms with Crippen LogP contribution in [0.5, 0.6) is 0 Å². The average Bonchev–Trinajstić information content (AvgIpc) is 2.75. The molecule has 1 aromatic heterocycles. The molecule has 2 heterocycles. The van der Waals surface area contributed by atoms with E-state index in [1.807, 2.05) is 17.7 Å². The van der Waals surface area contributed by atoms with Crippen LogP contribution in [0.2, 0.25) is 0 Å². The Labute approximate surface area is 74.3 Å². The van der Waals surface area contributed by atoms with Crippen LogP contribution in [0.15, 0.2) is 16.5 Å². The number of thiophene rings is 1. The van der Waals surface area contributed by atoms with E-state index in [9.17, 15) is 0 Å². The van der Waals surface area contributed by atoms with Gasteiger partial charge in [0.25, 0.3) is 0 Å². The quantitative estimate of drug-likeness (QED) is 0.708. The molecule has 1 N–H and O–H groups in total. The Morgan fingerprint density at radius 1 is 1.75 bits per heavy atom. The van der Waals surface area contributed by atoms with Crippen molar-refractivity contribution in [3.63, 3.8) is 0 Å². The van der Waals surface area contributed by atoms with Gasteiger partial charge in [0.05, 0.1) is 11.6 Å². The van der Waals surface area contributed by atoms with Crippen molar-refractivity contribution in [2.75, 3.05) is 0 Å². The Hall–Kier alpha value is -1.34. The molecule has 1 aliphatic rings. The highest BCUT2D eigenvalue weighted by Gasteiger charge is 2.14. The Balaban J connectivity index is 2.19. The SMILES string of the molecule is N#Cc1csc(C2CC=NN2)c1. The van der Waals surface area contributed by atoms with Crippen LogP contribution >= 0.6 is 11.3 Å². The van der Waals surface area contributed by atoms with E-state index in [2.05, 4.69) is 16.6 Å². The molecule has 0 spiro atoms. The minimum Gasteiger partial charge on any atom is -0.302 e. The van der Waals surface area contributed by atoms with E-state index in [1.54, 1.807) is 11.3 Å². The lowest BCUT2D eigenvalue weighted by molar-refractivity contribution is 0.631. The second-order valence-corrected chi connectivity index (χ2v) is 3.52. The molecule has 0 radical (unpaired) electrons. The van der Waals surface area contributed by atoms with Crippen molar-refractivity contribution in [1.82, 2.24) is 5.43 Å². The van der Waals surface area contributed by atoms with Crippen molar-refractivity contribution < 1.29 is 0 Å². The second kappa shape index (κ2) is 2.95. The molecule has 12 heavy (non-hydrogen) atoms. The zero-order valence-electron chi connectivity index (χ0n) is 6.32. The molecular weight excluding hydrogens is 170 g/mol. The van der Waals surface area contributed by atoms with Crippen LogP contribution in [0.4, 0.5) is 0 Å². The van der Waals surface area contributed by atoms with E-state index < -0.39 is 0 Å². The minimum absolute atomic E-state index is 0.289. The summed E-state index contributed by atoms with van der Waals surface area (Å²) in [6.07, 6.45) is 2.78. The predicted molar refractivity (Wildman–Crippen MR) is 48.0 cm³/mol. The summed E-state index contributed by atoms with van der Waals surface area (Å²) in [7, 11) is 0. The van der Waals surface area contributed by atoms with E-state index >= 15 is 0 Å². The van der Waals surface area contributed by atoms with Gasteiger partial charge >= 0.3 is 0 Å². The number of nitriles is 1. The van der Waals surface area contributed by atoms with Gasteiger partial charge < -0.3 is 5.43 Å². The first-order valence-corrected chi connectivity index (χ1v) is 4.53. The van der Waals surface area contributed by atoms with E-state index in [-0.39, 0.29) is 6.04 Å². The summed E-state index contributed by atoms with van der Waals surface area (Å²) < 4.78 is 0. The van der Waals surface area contributed by atoms with Crippen molar-refractivity contribution in [2.45, 2.75) is 12.5 Å². The second-order valence-electron chi connectivity index (χ2n) is 2.58. The van der Waals surface area contributed by atoms with Gasteiger partial charge in [0.1, 0.15) is 6.07 Å². The maximum absolute atomic E-state index is 8.60. The van der Waals surface area contributed by atoms with Crippen LogP contribution in [-0.4, -0.2) is 6.21 Å². The molecule has 0 aromatic carbocycles. The van der Waals surface area contributed by atoms with E-state index in [1.165, 1.54) is 4.88 Å². The van der Waals surface area contributed by atoms with E-state index in [0.717, 1.165) is 12.0 Å². The van der Waals surface area contributed by atoms with Crippen molar-refractivity contribution in [2.24, 2.45) is 5.10 Å². The molecule has 60 valence electrons. The highest BCUT2D eigenvalue weighted by atomic mass is 32.1. The Morgan fingerprint density at radius 2 is 2.67 bits per heavy atom. The summed E-state index contributed by atoms with van der Waals surface area (Å²) in [5.74, 6) is 0. The summed E-state index contributed by atoms with van der Waals surface area (Å²) in [5, 5.41) is 14.4. The van der Waals surface area contributed by atoms with Gasteiger partial charge in [-0.3, -0.25) is 0 Å². The first-order valence-electron chi connectivity index (χ1n) is 3.66. The summed E-state index contributed by atoms with van der Waals surface area (Å²) >= 11 is 1.61. The van der Waals surface area contributed by atoms with Crippen LogP contribution in [-0.2, 0) is 0 Å². The average molecular weight is 177 g/mol. The molecule has 0 fully saturated rings. The highest BCUT2D eigenvalue weighted by Crippen LogP contribution is 2.25. The number of hydrogen-bond acceptors (Lipinski definition) is 4. The van der Waals surface area contributed by atoms with Crippen LogP contribution < -0.4 is 5.43 Å². The standard InChI is InChI=1S/C8H7N3S/c9-4-6-3-8(12-5-6)7-1-2-10-11-7/h2-3,5,7,11H,1H2. The Bertz CT molecular complexity index is 339. The fourth-order valence-corrected chi connectivity index (χ4v) is 2.02. The number of rotatable bonds is 1. The highest BCUT2D eigenvalue weighted by molar-refractivity contribution is 7.10. The van der Waals surface area contributed by atoms with Gasteiger partial charge in [0.15, 0.2) is 0 Å². The molecule has 1 atom stereocenters. The third-order valence-electron chi connectivity index (χ3n) is 1.76. The monoisotopic (exact) mass is 177 g/mol. The maximum Gasteiger partial charge on any atom is 0.100 e. The van der Waals surface area contributed by atoms with Crippen LogP contribution in [0.25, 0.3) is 0 Å². The van der Waals surface area contributed by atoms with Gasteiger partial charge in [0.2, 0.25) is 0 Å². The molecular formula is C8H7N3S. The molecule has 3 nitrogen and oxygen atoms in total. The van der Waals surface area contributed by atoms with E-state index in [4.69, 9.17) is 5.26 Å². The first kappa shape index (κ1) is 7.32. The molecule has 0 saturated heterocycles. The largest absolute Gasteiger partial charge is 0.302 e. The molecule has 1 unspecified atom stereocenters. The van der Waals surface area contributed by atoms with E-state index in [0.29, 0.717) is 0 Å². The van der Waals surface area contributed by atoms with Gasteiger partial charge in [-0.2, -0.15) is 10.4 Å². The molecule has 4 heteroatoms. The number of hydrazone groups is 1. The lowest BCUT2D eigenvalue weighted by Gasteiger charge is -2.04. The van der Waals surface area contributed by atoms with Crippen molar-refractivity contribution in [3.8, 4) is 6.07 Å². The molecule has 0 aliphatic carbocycles. The lowest BCUT2D eigenvalue weighted by Crippen LogP contribution is -2.07. The predicted octanol–water partition coefficient (Wildman–Crippen LogP) is 1.64. The summed E-state index contributed by atoms with van der Waals surface area (Å²) in [5.41, 5.74) is 3.72. The Kier molecular flexibility index (Phi) is 1.80. The normalized spacial score (nSPS) is 20.4. The fraction of sp³-hybridized carbons (Fsp3) is 0.250. The summed E-state index contributed by atoms with van der Waals surface area (Å²) in [6, 6.07) is 4.32. The van der Waals surface area contributed by atoms with Crippen molar-refractivity contribution >= 4 is 17.6 Å². The summed E-state index contributed by atoms with van der Waals surface area (Å²) in [6.45, 7) is 0. The third-order valence-corrected chi connectivity index (χ3v) is 2.80. The van der Waals surface area contributed by atoms with Crippen molar-refractivity contribution in [3.05, 3.63) is 21.9 Å². The number of nitrogens with one attached hydrogen (secondary N) is 1. The number of nitrogens with zero attached hydrogens (tertiary/aromatic N) is 2.